The molecule has 0 amide bonds. The molecular weight excluding hydrogens is 340 g/mol. The number of benzene rings is 1. The van der Waals surface area contributed by atoms with Crippen molar-refractivity contribution in [2.45, 2.75) is 39.3 Å². The number of phenolic OH excluding ortho intramolecular Hbond substituents is 1. The Balaban J connectivity index is 1.60. The van der Waals surface area contributed by atoms with Crippen molar-refractivity contribution >= 4 is 5.82 Å². The average molecular weight is 368 g/mol. The van der Waals surface area contributed by atoms with E-state index in [1.807, 2.05) is 26.0 Å². The van der Waals surface area contributed by atoms with E-state index < -0.39 is 0 Å². The molecule has 1 aromatic carbocycles. The van der Waals surface area contributed by atoms with Crippen molar-refractivity contribution < 1.29 is 9.84 Å². The van der Waals surface area contributed by atoms with Crippen LogP contribution in [-0.2, 0) is 4.74 Å². The second-order valence-electron chi connectivity index (χ2n) is 7.60. The maximum Gasteiger partial charge on any atom is 0.151 e. The van der Waals surface area contributed by atoms with Crippen LogP contribution in [0, 0.1) is 13.8 Å². The molecular formula is C21H28N4O2. The quantitative estimate of drug-likeness (QED) is 0.899. The molecule has 2 saturated heterocycles. The van der Waals surface area contributed by atoms with Gasteiger partial charge in [-0.25, -0.2) is 0 Å². The van der Waals surface area contributed by atoms with Crippen LogP contribution in [-0.4, -0.2) is 65.1 Å². The van der Waals surface area contributed by atoms with Gasteiger partial charge in [-0.15, -0.1) is 10.2 Å². The predicted molar refractivity (Wildman–Crippen MR) is 106 cm³/mol. The Morgan fingerprint density at radius 1 is 1.19 bits per heavy atom. The van der Waals surface area contributed by atoms with E-state index in [1.54, 1.807) is 6.07 Å². The summed E-state index contributed by atoms with van der Waals surface area (Å²) >= 11 is 0. The van der Waals surface area contributed by atoms with Gasteiger partial charge in [0.25, 0.3) is 0 Å². The van der Waals surface area contributed by atoms with Gasteiger partial charge in [-0.2, -0.15) is 0 Å². The standard InChI is InChI=1S/C21H28N4O2/c1-4-24-8-7-19-17(13-24)25(9-10-27-19)20-6-5-16(22-23-20)21-15(3)11-14(2)12-18(21)26/h5-6,11-12,17,19,26H,4,7-10,13H2,1-3H3/t17-,19+/m0/s1. The largest absolute Gasteiger partial charge is 0.507 e. The number of hydrogen-bond acceptors (Lipinski definition) is 6. The predicted octanol–water partition coefficient (Wildman–Crippen LogP) is 2.77. The molecule has 2 atom stereocenters. The minimum Gasteiger partial charge on any atom is -0.507 e. The highest BCUT2D eigenvalue weighted by Gasteiger charge is 2.37. The van der Waals surface area contributed by atoms with Crippen LogP contribution in [0.4, 0.5) is 5.82 Å². The number of aromatic hydroxyl groups is 1. The second-order valence-corrected chi connectivity index (χ2v) is 7.60. The summed E-state index contributed by atoms with van der Waals surface area (Å²) in [5, 5.41) is 19.3. The lowest BCUT2D eigenvalue weighted by Crippen LogP contribution is -2.60. The van der Waals surface area contributed by atoms with E-state index in [9.17, 15) is 5.11 Å². The monoisotopic (exact) mass is 368 g/mol. The summed E-state index contributed by atoms with van der Waals surface area (Å²) in [5.74, 6) is 1.14. The molecule has 2 aliphatic heterocycles. The Labute approximate surface area is 160 Å². The van der Waals surface area contributed by atoms with Crippen molar-refractivity contribution in [1.82, 2.24) is 15.1 Å². The minimum atomic E-state index is 0.256. The zero-order valence-corrected chi connectivity index (χ0v) is 16.4. The van der Waals surface area contributed by atoms with Gasteiger partial charge in [-0.3, -0.25) is 0 Å². The van der Waals surface area contributed by atoms with Crippen molar-refractivity contribution in [1.29, 1.82) is 0 Å². The fourth-order valence-electron chi connectivity index (χ4n) is 4.40. The number of piperidine rings is 1. The van der Waals surface area contributed by atoms with Crippen molar-refractivity contribution in [2.75, 3.05) is 37.7 Å². The number of rotatable bonds is 3. The number of likely N-dealkylation sites (tertiary alicyclic amines) is 1. The first kappa shape index (κ1) is 18.2. The maximum absolute atomic E-state index is 10.4. The third-order valence-electron chi connectivity index (χ3n) is 5.78. The fraction of sp³-hybridized carbons (Fsp3) is 0.524. The number of likely N-dealkylation sites (N-methyl/N-ethyl adjacent to an activating group) is 1. The van der Waals surface area contributed by atoms with Crippen LogP contribution in [0.25, 0.3) is 11.3 Å². The SMILES string of the molecule is CCN1CC[C@H]2OCCN(c3ccc(-c4c(C)cc(C)cc4O)nn3)[C@H]2C1. The Bertz CT molecular complexity index is 785. The summed E-state index contributed by atoms with van der Waals surface area (Å²) in [4.78, 5) is 4.81. The first-order valence-corrected chi connectivity index (χ1v) is 9.81. The van der Waals surface area contributed by atoms with Gasteiger partial charge in [0, 0.05) is 25.2 Å². The van der Waals surface area contributed by atoms with E-state index in [-0.39, 0.29) is 11.9 Å². The molecule has 2 fully saturated rings. The molecule has 27 heavy (non-hydrogen) atoms. The van der Waals surface area contributed by atoms with Crippen LogP contribution < -0.4 is 4.90 Å². The first-order chi connectivity index (χ1) is 13.1. The van der Waals surface area contributed by atoms with Crippen LogP contribution in [0.5, 0.6) is 5.75 Å². The van der Waals surface area contributed by atoms with Gasteiger partial charge >= 0.3 is 0 Å². The summed E-state index contributed by atoms with van der Waals surface area (Å²) in [6, 6.07) is 8.13. The average Bonchev–Trinajstić information content (AvgIpc) is 2.67. The van der Waals surface area contributed by atoms with Crippen LogP contribution in [0.3, 0.4) is 0 Å². The van der Waals surface area contributed by atoms with Gasteiger partial charge < -0.3 is 19.6 Å². The summed E-state index contributed by atoms with van der Waals surface area (Å²) in [7, 11) is 0. The highest BCUT2D eigenvalue weighted by atomic mass is 16.5. The molecule has 1 N–H and O–H groups in total. The molecule has 0 aliphatic carbocycles. The zero-order valence-electron chi connectivity index (χ0n) is 16.4. The third-order valence-corrected chi connectivity index (χ3v) is 5.78. The summed E-state index contributed by atoms with van der Waals surface area (Å²) in [6.07, 6.45) is 1.34. The molecule has 144 valence electrons. The van der Waals surface area contributed by atoms with Gasteiger partial charge in [0.05, 0.1) is 24.4 Å². The van der Waals surface area contributed by atoms with Crippen LogP contribution >= 0.6 is 0 Å². The number of morpholine rings is 1. The molecule has 2 aromatic rings. The lowest BCUT2D eigenvalue weighted by molar-refractivity contribution is -0.0282. The number of phenols is 1. The number of anilines is 1. The lowest BCUT2D eigenvalue weighted by atomic mass is 9.98. The van der Waals surface area contributed by atoms with Crippen molar-refractivity contribution in [3.63, 3.8) is 0 Å². The molecule has 1 aromatic heterocycles. The second kappa shape index (κ2) is 7.44. The van der Waals surface area contributed by atoms with Gasteiger partial charge in [-0.1, -0.05) is 13.0 Å². The lowest BCUT2D eigenvalue weighted by Gasteiger charge is -2.47. The van der Waals surface area contributed by atoms with E-state index in [4.69, 9.17) is 4.74 Å². The van der Waals surface area contributed by atoms with E-state index in [2.05, 4.69) is 33.0 Å². The zero-order chi connectivity index (χ0) is 19.0. The number of nitrogens with zero attached hydrogens (tertiary/aromatic N) is 4. The fourth-order valence-corrected chi connectivity index (χ4v) is 4.40. The molecule has 0 radical (unpaired) electrons. The Hall–Kier alpha value is -2.18. The highest BCUT2D eigenvalue weighted by Crippen LogP contribution is 2.33. The number of hydrogen-bond donors (Lipinski definition) is 1. The summed E-state index contributed by atoms with van der Waals surface area (Å²) in [5.41, 5.74) is 3.51. The molecule has 2 aliphatic rings. The molecule has 6 nitrogen and oxygen atoms in total. The van der Waals surface area contributed by atoms with Crippen molar-refractivity contribution in [3.8, 4) is 17.0 Å². The van der Waals surface area contributed by atoms with E-state index >= 15 is 0 Å². The minimum absolute atomic E-state index is 0.256. The Kier molecular flexibility index (Phi) is 5.02. The number of fused-ring (bicyclic) bond motifs is 1. The third kappa shape index (κ3) is 3.51. The summed E-state index contributed by atoms with van der Waals surface area (Å²) in [6.45, 7) is 10.9. The first-order valence-electron chi connectivity index (χ1n) is 9.81. The molecule has 3 heterocycles. The Morgan fingerprint density at radius 2 is 2.04 bits per heavy atom. The normalized spacial score (nSPS) is 23.3. The highest BCUT2D eigenvalue weighted by molar-refractivity contribution is 5.71. The Morgan fingerprint density at radius 3 is 2.74 bits per heavy atom. The molecule has 0 bridgehead atoms. The smallest absolute Gasteiger partial charge is 0.151 e. The van der Waals surface area contributed by atoms with Crippen LogP contribution in [0.1, 0.15) is 24.5 Å². The number of aryl methyl sites for hydroxylation is 2. The van der Waals surface area contributed by atoms with Gasteiger partial charge in [0.1, 0.15) is 5.75 Å². The van der Waals surface area contributed by atoms with Crippen LogP contribution in [0.2, 0.25) is 0 Å². The van der Waals surface area contributed by atoms with Crippen molar-refractivity contribution in [2.24, 2.45) is 0 Å². The molecule has 0 unspecified atom stereocenters. The van der Waals surface area contributed by atoms with Gasteiger partial charge in [0.15, 0.2) is 5.82 Å². The van der Waals surface area contributed by atoms with E-state index in [0.29, 0.717) is 11.7 Å². The molecule has 0 saturated carbocycles. The number of ether oxygens (including phenoxy) is 1. The van der Waals surface area contributed by atoms with E-state index in [0.717, 1.165) is 61.7 Å². The van der Waals surface area contributed by atoms with Gasteiger partial charge in [-0.05, 0) is 56.1 Å². The molecule has 6 heteroatoms. The maximum atomic E-state index is 10.4. The van der Waals surface area contributed by atoms with Crippen molar-refractivity contribution in [3.05, 3.63) is 35.4 Å². The topological polar surface area (TPSA) is 61.7 Å². The van der Waals surface area contributed by atoms with Gasteiger partial charge in [0.2, 0.25) is 0 Å². The number of aromatic nitrogens is 2. The molecule has 4 rings (SSSR count). The molecule has 0 spiro atoms. The summed E-state index contributed by atoms with van der Waals surface area (Å²) < 4.78 is 6.01. The van der Waals surface area contributed by atoms with Crippen LogP contribution in [0.15, 0.2) is 24.3 Å². The van der Waals surface area contributed by atoms with E-state index in [1.165, 1.54) is 0 Å².